The number of hydrogen-bond acceptors (Lipinski definition) is 18. The zero-order chi connectivity index (χ0) is 95.4. The predicted octanol–water partition coefficient (Wildman–Crippen LogP) is 11.2. The van der Waals surface area contributed by atoms with Crippen molar-refractivity contribution in [2.45, 2.75) is 389 Å². The van der Waals surface area contributed by atoms with Gasteiger partial charge in [-0.25, -0.2) is 35.1 Å². The zero-order valence-electron chi connectivity index (χ0n) is 83.6. The Morgan fingerprint density at radius 2 is 0.477 bits per heavy atom. The first-order valence-corrected chi connectivity index (χ1v) is 50.0. The van der Waals surface area contributed by atoms with E-state index in [0.717, 1.165) is 142 Å². The van der Waals surface area contributed by atoms with Gasteiger partial charge in [-0.05, 0) is 212 Å². The smallest absolute Gasteiger partial charge is 0.281 e. The maximum Gasteiger partial charge on any atom is 0.281 e. The van der Waals surface area contributed by atoms with E-state index < -0.39 is 47.9 Å². The Hall–Kier alpha value is -4.22. The average molecular weight is 1830 g/mol. The minimum absolute atomic E-state index is 0.0299. The van der Waals surface area contributed by atoms with Crippen LogP contribution in [0.1, 0.15) is 256 Å². The van der Waals surface area contributed by atoms with Crippen LogP contribution in [0.2, 0.25) is 0 Å². The minimum Gasteiger partial charge on any atom is -0.353 e. The Labute approximate surface area is 767 Å². The molecule has 5 atom stereocenters. The second kappa shape index (κ2) is 50.6. The molecule has 744 valence electrons. The maximum absolute atomic E-state index is 14.5. The fourth-order valence-electron chi connectivity index (χ4n) is 19.7. The molecule has 12 saturated heterocycles. The van der Waals surface area contributed by atoms with E-state index in [9.17, 15) is 63.9 Å². The number of carbonyl (C=O) groups excluding carboxylic acids is 6. The highest BCUT2D eigenvalue weighted by atomic mass is 19.3. The molecule has 0 spiro atoms. The molecule has 12 rings (SSSR count). The van der Waals surface area contributed by atoms with Crippen molar-refractivity contribution >= 4 is 35.4 Å². The van der Waals surface area contributed by atoms with Gasteiger partial charge in [0.2, 0.25) is 35.4 Å². The number of rotatable bonds is 24. The van der Waals surface area contributed by atoms with E-state index in [1.807, 2.05) is 79.9 Å². The Morgan fingerprint density at radius 1 is 0.219 bits per heavy atom. The quantitative estimate of drug-likeness (QED) is 0.0496. The standard InChI is InChI=1S/2C17H31F2N3O.C16H29F2N3O.C16H31N3O.C15H27F2N3O.C15H29N3O/c1-12(2)16(23)20-15-7-10-22(11-17(15,18)19)14-5-8-21(9-6-14)13(3)4;1-12(2)16(23)20-14-5-8-21(9-6-14)15-7-10-22(13(3)4)11-17(15,18)19;1-11(2)15(22)19-14-9-21(10-16(14,17)18)13-5-7-20(8-6-13)12(3)4;1-12(2)16(20)17-14-5-8-19(11-14)15-6-9-18(10-7-15)13(3)4;1-10(2)14(21)18-13-5-6-19(9-15(13,16)17)12-7-20(8-12)11(3)4;1-11(2)15(19)16-13-5-7-17(8-6-13)14-9-18(10-14)12(3)4/h2*12-15H,5-11H2,1-4H3,(H,20,23);11-14H,5-10H2,1-4H3,(H,19,22);12-15H,5-11H2,1-4H3,(H,17,20);10-13H,5-9H2,1-4H3,(H,18,21);11-14H,5-10H2,1-4H3,(H,16,19). The van der Waals surface area contributed by atoms with Crippen molar-refractivity contribution in [3.63, 3.8) is 0 Å². The zero-order valence-corrected chi connectivity index (χ0v) is 83.6. The number of alkyl halides is 8. The number of hydrogen-bond donors (Lipinski definition) is 6. The summed E-state index contributed by atoms with van der Waals surface area (Å²) in [5.74, 6) is -12.2. The monoisotopic (exact) mass is 1830 g/mol. The second-order valence-corrected chi connectivity index (χ2v) is 43.1. The maximum atomic E-state index is 14.5. The van der Waals surface area contributed by atoms with Gasteiger partial charge in [0, 0.05) is 212 Å². The van der Waals surface area contributed by atoms with E-state index >= 15 is 0 Å². The van der Waals surface area contributed by atoms with Crippen molar-refractivity contribution < 1.29 is 63.9 Å². The largest absolute Gasteiger partial charge is 0.353 e. The number of nitrogens with zero attached hydrogens (tertiary/aromatic N) is 12. The predicted molar refractivity (Wildman–Crippen MR) is 497 cm³/mol. The van der Waals surface area contributed by atoms with Gasteiger partial charge in [-0.2, -0.15) is 0 Å². The van der Waals surface area contributed by atoms with Crippen LogP contribution >= 0.6 is 0 Å². The third-order valence-electron chi connectivity index (χ3n) is 29.3. The van der Waals surface area contributed by atoms with E-state index in [4.69, 9.17) is 0 Å². The molecule has 12 aliphatic rings. The molecule has 12 aliphatic heterocycles. The van der Waals surface area contributed by atoms with Crippen LogP contribution in [0, 0.1) is 35.5 Å². The molecule has 12 fully saturated rings. The van der Waals surface area contributed by atoms with Crippen LogP contribution in [0.3, 0.4) is 0 Å². The summed E-state index contributed by atoms with van der Waals surface area (Å²) in [6.07, 6.45) is 12.4. The van der Waals surface area contributed by atoms with Crippen LogP contribution in [-0.4, -0.2) is 384 Å². The molecule has 24 nitrogen and oxygen atoms in total. The van der Waals surface area contributed by atoms with Gasteiger partial charge in [0.1, 0.15) is 6.04 Å². The molecule has 0 aliphatic carbocycles. The van der Waals surface area contributed by atoms with E-state index in [2.05, 4.69) is 135 Å². The molecule has 5 unspecified atom stereocenters. The normalized spacial score (nSPS) is 27.0. The van der Waals surface area contributed by atoms with Crippen LogP contribution in [-0.2, 0) is 28.8 Å². The minimum atomic E-state index is -2.85. The summed E-state index contributed by atoms with van der Waals surface area (Å²) in [6.45, 7) is 65.6. The Bertz CT molecular complexity index is 3310. The molecule has 6 N–H and O–H groups in total. The summed E-state index contributed by atoms with van der Waals surface area (Å²) in [6, 6.07) is 2.35. The van der Waals surface area contributed by atoms with E-state index in [-0.39, 0.29) is 134 Å². The second-order valence-electron chi connectivity index (χ2n) is 43.1. The first-order valence-electron chi connectivity index (χ1n) is 50.0. The average Bonchev–Trinajstić information content (AvgIpc) is 1.31. The van der Waals surface area contributed by atoms with Crippen molar-refractivity contribution in [3.05, 3.63) is 0 Å². The lowest BCUT2D eigenvalue weighted by Crippen LogP contribution is -2.67. The molecular formula is C96H178F8N18O6. The first-order chi connectivity index (χ1) is 59.8. The topological polar surface area (TPSA) is 213 Å². The summed E-state index contributed by atoms with van der Waals surface area (Å²) in [7, 11) is 0. The lowest BCUT2D eigenvalue weighted by Gasteiger charge is -2.50. The number of likely N-dealkylation sites (tertiary alicyclic amines) is 12. The number of halogens is 8. The first kappa shape index (κ1) is 111. The van der Waals surface area contributed by atoms with Gasteiger partial charge >= 0.3 is 0 Å². The van der Waals surface area contributed by atoms with Crippen LogP contribution in [0.4, 0.5) is 35.1 Å². The van der Waals surface area contributed by atoms with Crippen molar-refractivity contribution in [3.8, 4) is 0 Å². The fraction of sp³-hybridized carbons (Fsp3) is 0.938. The third-order valence-corrected chi connectivity index (χ3v) is 29.3. The summed E-state index contributed by atoms with van der Waals surface area (Å²) in [5, 5.41) is 16.9. The molecule has 32 heteroatoms. The number of piperidine rings is 8. The summed E-state index contributed by atoms with van der Waals surface area (Å²) in [4.78, 5) is 97.2. The number of carbonyl (C=O) groups is 6. The molecular weight excluding hydrogens is 1650 g/mol. The van der Waals surface area contributed by atoms with Gasteiger partial charge in [-0.3, -0.25) is 72.9 Å². The van der Waals surface area contributed by atoms with Gasteiger partial charge in [-0.15, -0.1) is 0 Å². The lowest BCUT2D eigenvalue weighted by atomic mass is 9.94. The van der Waals surface area contributed by atoms with Crippen molar-refractivity contribution in [2.75, 3.05) is 157 Å². The van der Waals surface area contributed by atoms with E-state index in [1.54, 1.807) is 41.5 Å². The molecule has 0 radical (unpaired) electrons. The molecule has 12 heterocycles. The Balaban J connectivity index is 0.000000211. The molecule has 0 bridgehead atoms. The van der Waals surface area contributed by atoms with Crippen LogP contribution < -0.4 is 31.9 Å². The summed E-state index contributed by atoms with van der Waals surface area (Å²) >= 11 is 0. The molecule has 6 amide bonds. The number of amides is 6. The van der Waals surface area contributed by atoms with Gasteiger partial charge in [0.05, 0.1) is 44.3 Å². The Morgan fingerprint density at radius 3 is 0.812 bits per heavy atom. The van der Waals surface area contributed by atoms with Crippen LogP contribution in [0.15, 0.2) is 0 Å². The van der Waals surface area contributed by atoms with Gasteiger partial charge in [0.15, 0.2) is 0 Å². The summed E-state index contributed by atoms with van der Waals surface area (Å²) < 4.78 is 115. The van der Waals surface area contributed by atoms with E-state index in [1.165, 1.54) is 39.0 Å². The molecule has 0 aromatic rings. The third kappa shape index (κ3) is 33.6. The molecule has 0 saturated carbocycles. The van der Waals surface area contributed by atoms with Gasteiger partial charge < -0.3 is 46.6 Å². The summed E-state index contributed by atoms with van der Waals surface area (Å²) in [5.41, 5.74) is 0. The van der Waals surface area contributed by atoms with Crippen molar-refractivity contribution in [1.29, 1.82) is 0 Å². The van der Waals surface area contributed by atoms with Crippen LogP contribution in [0.25, 0.3) is 0 Å². The molecule has 0 aromatic carbocycles. The van der Waals surface area contributed by atoms with Crippen molar-refractivity contribution in [2.24, 2.45) is 35.5 Å². The van der Waals surface area contributed by atoms with Gasteiger partial charge in [-0.1, -0.05) is 83.1 Å². The highest BCUT2D eigenvalue weighted by molar-refractivity contribution is 5.80. The fourth-order valence-corrected chi connectivity index (χ4v) is 19.7. The molecule has 128 heavy (non-hydrogen) atoms. The van der Waals surface area contributed by atoms with Crippen molar-refractivity contribution in [1.82, 2.24) is 90.7 Å². The molecule has 0 aromatic heterocycles. The number of nitrogens with one attached hydrogen (secondary N) is 6. The highest BCUT2D eigenvalue weighted by Crippen LogP contribution is 2.38. The lowest BCUT2D eigenvalue weighted by molar-refractivity contribution is -0.139. The SMILES string of the molecule is CC(C)C(=O)NC1CCN(C2CCN(C(C)C)CC2(F)F)CC1.CC(C)C(=O)NC1CCN(C2CCN(C(C)C)CC2)C1.CC(C)C(=O)NC1CCN(C2CCN(C(C)C)CC2)CC1(F)F.CC(C)C(=O)NC1CCN(C2CN(C(C)C)C2)CC1.CC(C)C(=O)NC1CCN(C2CN(C(C)C)C2)CC1(F)F.CC(C)C(=O)NC1CN(C2CCN(C(C)C)CC2)CC1(F)F. The van der Waals surface area contributed by atoms with E-state index in [0.29, 0.717) is 87.7 Å². The Kier molecular flexibility index (Phi) is 43.8. The van der Waals surface area contributed by atoms with Gasteiger partial charge in [0.25, 0.3) is 23.7 Å². The van der Waals surface area contributed by atoms with Crippen LogP contribution in [0.5, 0.6) is 0 Å². The highest BCUT2D eigenvalue weighted by Gasteiger charge is 2.54.